The van der Waals surface area contributed by atoms with E-state index in [1.54, 1.807) is 18.2 Å². The highest BCUT2D eigenvalue weighted by molar-refractivity contribution is 5.93. The Morgan fingerprint density at radius 3 is 2.52 bits per heavy atom. The van der Waals surface area contributed by atoms with E-state index in [0.29, 0.717) is 30.4 Å². The molecule has 1 heterocycles. The van der Waals surface area contributed by atoms with E-state index in [2.05, 4.69) is 5.32 Å². The number of amides is 1. The molecule has 6 heteroatoms. The van der Waals surface area contributed by atoms with Crippen molar-refractivity contribution in [2.45, 2.75) is 32.6 Å². The number of benzene rings is 2. The quantitative estimate of drug-likeness (QED) is 0.710. The van der Waals surface area contributed by atoms with Gasteiger partial charge in [-0.25, -0.2) is 0 Å². The molecule has 0 bridgehead atoms. The molecule has 0 radical (unpaired) electrons. The van der Waals surface area contributed by atoms with Gasteiger partial charge in [-0.1, -0.05) is 50.6 Å². The third-order valence-electron chi connectivity index (χ3n) is 5.00. The molecule has 0 fully saturated rings. The van der Waals surface area contributed by atoms with Crippen molar-refractivity contribution < 1.29 is 23.8 Å². The van der Waals surface area contributed by atoms with E-state index in [0.717, 1.165) is 18.4 Å². The van der Waals surface area contributed by atoms with Gasteiger partial charge < -0.3 is 19.5 Å². The zero-order valence-electron chi connectivity index (χ0n) is 16.9. The molecule has 154 valence electrons. The fraction of sp³-hybridized carbons (Fsp3) is 0.391. The van der Waals surface area contributed by atoms with Gasteiger partial charge in [-0.05, 0) is 23.6 Å². The monoisotopic (exact) mass is 397 g/mol. The van der Waals surface area contributed by atoms with Gasteiger partial charge in [0, 0.05) is 18.2 Å². The van der Waals surface area contributed by atoms with Crippen LogP contribution in [0.4, 0.5) is 5.69 Å². The van der Waals surface area contributed by atoms with Crippen LogP contribution in [-0.2, 0) is 14.3 Å². The van der Waals surface area contributed by atoms with Crippen molar-refractivity contribution in [1.29, 1.82) is 0 Å². The lowest BCUT2D eigenvalue weighted by Crippen LogP contribution is -2.26. The Morgan fingerprint density at radius 2 is 1.79 bits per heavy atom. The maximum atomic E-state index is 12.7. The van der Waals surface area contributed by atoms with Crippen LogP contribution in [0.15, 0.2) is 48.5 Å². The van der Waals surface area contributed by atoms with Crippen LogP contribution in [0.1, 0.15) is 38.2 Å². The molecular formula is C23H27NO5. The van der Waals surface area contributed by atoms with Gasteiger partial charge in [0.1, 0.15) is 0 Å². The number of nitrogens with one attached hydrogen (secondary N) is 1. The third-order valence-corrected chi connectivity index (χ3v) is 5.00. The Balaban J connectivity index is 1.59. The summed E-state index contributed by atoms with van der Waals surface area (Å²) in [6, 6.07) is 14.7. The Kier molecular flexibility index (Phi) is 7.11. The second-order valence-electron chi connectivity index (χ2n) is 7.14. The smallest absolute Gasteiger partial charge is 0.314 e. The van der Waals surface area contributed by atoms with Crippen LogP contribution in [0.25, 0.3) is 0 Å². The molecule has 29 heavy (non-hydrogen) atoms. The summed E-state index contributed by atoms with van der Waals surface area (Å²) in [4.78, 5) is 25.0. The highest BCUT2D eigenvalue weighted by atomic mass is 16.5. The van der Waals surface area contributed by atoms with Crippen LogP contribution in [0.5, 0.6) is 11.5 Å². The van der Waals surface area contributed by atoms with Crippen molar-refractivity contribution in [1.82, 2.24) is 0 Å². The number of rotatable bonds is 7. The van der Waals surface area contributed by atoms with E-state index in [9.17, 15) is 9.59 Å². The average molecular weight is 397 g/mol. The summed E-state index contributed by atoms with van der Waals surface area (Å²) in [5.74, 6) is 0.175. The Bertz CT molecular complexity index is 836. The summed E-state index contributed by atoms with van der Waals surface area (Å²) in [6.45, 7) is 4.88. The zero-order chi connectivity index (χ0) is 20.6. The first-order valence-corrected chi connectivity index (χ1v) is 9.99. The molecule has 0 aromatic heterocycles. The van der Waals surface area contributed by atoms with Gasteiger partial charge >= 0.3 is 5.97 Å². The van der Waals surface area contributed by atoms with Gasteiger partial charge in [-0.3, -0.25) is 9.59 Å². The van der Waals surface area contributed by atoms with Crippen molar-refractivity contribution >= 4 is 17.6 Å². The van der Waals surface area contributed by atoms with Gasteiger partial charge in [0.15, 0.2) is 18.1 Å². The number of hydrogen-bond acceptors (Lipinski definition) is 5. The van der Waals surface area contributed by atoms with E-state index in [1.165, 1.54) is 0 Å². The van der Waals surface area contributed by atoms with Crippen LogP contribution in [0.3, 0.4) is 0 Å². The number of esters is 1. The first kappa shape index (κ1) is 20.7. The standard InChI is InChI=1S/C23H27NO5/c1-3-16(2)22(17-8-5-4-6-9-17)23(26)29-15-21(25)24-18-10-11-19-20(14-18)28-13-7-12-27-19/h4-6,8-11,14,16,22H,3,7,12-13,15H2,1-2H3,(H,24,25). The van der Waals surface area contributed by atoms with Gasteiger partial charge in [0.25, 0.3) is 5.91 Å². The van der Waals surface area contributed by atoms with Crippen LogP contribution < -0.4 is 14.8 Å². The van der Waals surface area contributed by atoms with E-state index < -0.39 is 11.8 Å². The first-order valence-electron chi connectivity index (χ1n) is 9.99. The molecule has 1 amide bonds. The van der Waals surface area contributed by atoms with Crippen LogP contribution >= 0.6 is 0 Å². The normalized spacial score (nSPS) is 15.0. The molecule has 0 aliphatic carbocycles. The highest BCUT2D eigenvalue weighted by Crippen LogP contribution is 2.32. The fourth-order valence-corrected chi connectivity index (χ4v) is 3.26. The van der Waals surface area contributed by atoms with E-state index in [1.807, 2.05) is 44.2 Å². The fourth-order valence-electron chi connectivity index (χ4n) is 3.26. The topological polar surface area (TPSA) is 73.9 Å². The molecular weight excluding hydrogens is 370 g/mol. The number of anilines is 1. The van der Waals surface area contributed by atoms with Crippen LogP contribution in [0.2, 0.25) is 0 Å². The molecule has 1 aliphatic rings. The predicted molar refractivity (Wildman–Crippen MR) is 110 cm³/mol. The first-order chi connectivity index (χ1) is 14.1. The summed E-state index contributed by atoms with van der Waals surface area (Å²) in [5, 5.41) is 2.74. The summed E-state index contributed by atoms with van der Waals surface area (Å²) >= 11 is 0. The summed E-state index contributed by atoms with van der Waals surface area (Å²) in [5.41, 5.74) is 1.46. The maximum Gasteiger partial charge on any atom is 0.314 e. The number of ether oxygens (including phenoxy) is 3. The molecule has 0 saturated carbocycles. The van der Waals surface area contributed by atoms with Crippen molar-refractivity contribution in [2.24, 2.45) is 5.92 Å². The number of hydrogen-bond donors (Lipinski definition) is 1. The SMILES string of the molecule is CCC(C)C(C(=O)OCC(=O)Nc1ccc2c(c1)OCCCO2)c1ccccc1. The summed E-state index contributed by atoms with van der Waals surface area (Å²) in [7, 11) is 0. The second-order valence-corrected chi connectivity index (χ2v) is 7.14. The molecule has 0 saturated heterocycles. The van der Waals surface area contributed by atoms with Crippen molar-refractivity contribution in [3.8, 4) is 11.5 Å². The number of fused-ring (bicyclic) bond motifs is 1. The van der Waals surface area contributed by atoms with Crippen molar-refractivity contribution in [2.75, 3.05) is 25.1 Å². The predicted octanol–water partition coefficient (Wildman–Crippen LogP) is 4.16. The zero-order valence-corrected chi connectivity index (χ0v) is 16.9. The largest absolute Gasteiger partial charge is 0.490 e. The molecule has 2 atom stereocenters. The van der Waals surface area contributed by atoms with E-state index in [4.69, 9.17) is 14.2 Å². The molecule has 2 aromatic rings. The summed E-state index contributed by atoms with van der Waals surface area (Å²) in [6.07, 6.45) is 1.64. The highest BCUT2D eigenvalue weighted by Gasteiger charge is 2.27. The lowest BCUT2D eigenvalue weighted by molar-refractivity contribution is -0.150. The maximum absolute atomic E-state index is 12.7. The van der Waals surface area contributed by atoms with Gasteiger partial charge in [-0.15, -0.1) is 0 Å². The van der Waals surface area contributed by atoms with Crippen LogP contribution in [0, 0.1) is 5.92 Å². The third kappa shape index (κ3) is 5.50. The minimum Gasteiger partial charge on any atom is -0.490 e. The van der Waals surface area contributed by atoms with Gasteiger partial charge in [-0.2, -0.15) is 0 Å². The molecule has 6 nitrogen and oxygen atoms in total. The molecule has 0 spiro atoms. The molecule has 1 N–H and O–H groups in total. The van der Waals surface area contributed by atoms with E-state index in [-0.39, 0.29) is 18.5 Å². The number of carbonyl (C=O) groups is 2. The average Bonchev–Trinajstić information content (AvgIpc) is 2.98. The van der Waals surface area contributed by atoms with Crippen molar-refractivity contribution in [3.63, 3.8) is 0 Å². The number of carbonyl (C=O) groups excluding carboxylic acids is 2. The minimum absolute atomic E-state index is 0.106. The Morgan fingerprint density at radius 1 is 1.07 bits per heavy atom. The summed E-state index contributed by atoms with van der Waals surface area (Å²) < 4.78 is 16.5. The van der Waals surface area contributed by atoms with Crippen LogP contribution in [-0.4, -0.2) is 31.7 Å². The molecule has 2 unspecified atom stereocenters. The lowest BCUT2D eigenvalue weighted by Gasteiger charge is -2.21. The molecule has 1 aliphatic heterocycles. The van der Waals surface area contributed by atoms with Gasteiger partial charge in [0.2, 0.25) is 0 Å². The lowest BCUT2D eigenvalue weighted by atomic mass is 9.86. The minimum atomic E-state index is -0.399. The Labute approximate surface area is 171 Å². The second kappa shape index (κ2) is 9.96. The molecule has 3 rings (SSSR count). The van der Waals surface area contributed by atoms with E-state index >= 15 is 0 Å². The molecule has 2 aromatic carbocycles. The van der Waals surface area contributed by atoms with Gasteiger partial charge in [0.05, 0.1) is 19.1 Å². The van der Waals surface area contributed by atoms with Crippen molar-refractivity contribution in [3.05, 3.63) is 54.1 Å². The Hall–Kier alpha value is -3.02.